The molecule has 2 aromatic rings. The van der Waals surface area contributed by atoms with Crippen LogP contribution in [0.2, 0.25) is 0 Å². The van der Waals surface area contributed by atoms with Crippen LogP contribution in [0, 0.1) is 19.8 Å². The van der Waals surface area contributed by atoms with Crippen molar-refractivity contribution < 1.29 is 9.53 Å². The lowest BCUT2D eigenvalue weighted by Crippen LogP contribution is -2.19. The Labute approximate surface area is 157 Å². The van der Waals surface area contributed by atoms with E-state index in [-0.39, 0.29) is 5.97 Å². The number of pyridine rings is 1. The van der Waals surface area contributed by atoms with Crippen molar-refractivity contribution in [1.82, 2.24) is 9.88 Å². The maximum absolute atomic E-state index is 12.6. The molecule has 0 bridgehead atoms. The molecule has 0 unspecified atom stereocenters. The van der Waals surface area contributed by atoms with Crippen LogP contribution in [-0.2, 0) is 17.7 Å². The van der Waals surface area contributed by atoms with Gasteiger partial charge in [0.1, 0.15) is 0 Å². The summed E-state index contributed by atoms with van der Waals surface area (Å²) in [5, 5.41) is 0. The van der Waals surface area contributed by atoms with Crippen molar-refractivity contribution >= 4 is 5.97 Å². The molecule has 4 nitrogen and oxygen atoms in total. The first-order valence-corrected chi connectivity index (χ1v) is 9.07. The zero-order valence-corrected chi connectivity index (χ0v) is 17.0. The molecule has 1 heterocycles. The van der Waals surface area contributed by atoms with Crippen LogP contribution < -0.4 is 0 Å². The summed E-state index contributed by atoms with van der Waals surface area (Å²) in [6, 6.07) is 8.31. The topological polar surface area (TPSA) is 42.4 Å². The number of nitrogens with zero attached hydrogens (tertiary/aromatic N) is 2. The molecule has 0 atom stereocenters. The van der Waals surface area contributed by atoms with E-state index in [1.165, 1.54) is 12.7 Å². The molecule has 26 heavy (non-hydrogen) atoms. The van der Waals surface area contributed by atoms with Crippen LogP contribution in [0.4, 0.5) is 0 Å². The summed E-state index contributed by atoms with van der Waals surface area (Å²) in [5.41, 5.74) is 6.65. The first-order valence-electron chi connectivity index (χ1n) is 9.07. The van der Waals surface area contributed by atoms with Crippen LogP contribution in [0.1, 0.15) is 46.7 Å². The number of aryl methyl sites for hydroxylation is 2. The van der Waals surface area contributed by atoms with E-state index in [9.17, 15) is 4.79 Å². The fourth-order valence-corrected chi connectivity index (χ4v) is 3.23. The summed E-state index contributed by atoms with van der Waals surface area (Å²) in [6.07, 6.45) is 0.879. The molecule has 0 radical (unpaired) electrons. The highest BCUT2D eigenvalue weighted by molar-refractivity contribution is 5.99. The molecule has 0 aliphatic heterocycles. The monoisotopic (exact) mass is 354 g/mol. The predicted molar refractivity (Wildman–Crippen MR) is 106 cm³/mol. The number of ether oxygens (including phenoxy) is 1. The molecular weight excluding hydrogens is 324 g/mol. The summed E-state index contributed by atoms with van der Waals surface area (Å²) < 4.78 is 5.09. The van der Waals surface area contributed by atoms with E-state index in [1.54, 1.807) is 0 Å². The van der Waals surface area contributed by atoms with Gasteiger partial charge in [0.25, 0.3) is 0 Å². The van der Waals surface area contributed by atoms with Gasteiger partial charge in [-0.05, 0) is 51.4 Å². The lowest BCUT2D eigenvalue weighted by molar-refractivity contribution is 0.0600. The third-order valence-corrected chi connectivity index (χ3v) is 4.37. The van der Waals surface area contributed by atoms with E-state index in [0.717, 1.165) is 41.0 Å². The number of methoxy groups -OCH3 is 1. The van der Waals surface area contributed by atoms with E-state index in [1.807, 2.05) is 21.0 Å². The van der Waals surface area contributed by atoms with Crippen molar-refractivity contribution in [1.29, 1.82) is 0 Å². The van der Waals surface area contributed by atoms with Gasteiger partial charge in [-0.25, -0.2) is 4.79 Å². The van der Waals surface area contributed by atoms with E-state index in [4.69, 9.17) is 9.72 Å². The fourth-order valence-electron chi connectivity index (χ4n) is 3.23. The highest BCUT2D eigenvalue weighted by Gasteiger charge is 2.24. The molecule has 0 saturated heterocycles. The maximum atomic E-state index is 12.6. The Morgan fingerprint density at radius 2 is 1.77 bits per heavy atom. The van der Waals surface area contributed by atoms with Crippen LogP contribution in [0.15, 0.2) is 24.3 Å². The number of hydrogen-bond donors (Lipinski definition) is 0. The van der Waals surface area contributed by atoms with E-state index in [2.05, 4.69) is 49.9 Å². The van der Waals surface area contributed by atoms with Crippen molar-refractivity contribution in [3.63, 3.8) is 0 Å². The summed E-state index contributed by atoms with van der Waals surface area (Å²) in [7, 11) is 5.50. The predicted octanol–water partition coefficient (Wildman–Crippen LogP) is 4.41. The Morgan fingerprint density at radius 1 is 1.15 bits per heavy atom. The Bertz CT molecular complexity index is 778. The lowest BCUT2D eigenvalue weighted by atomic mass is 9.89. The molecule has 0 aliphatic rings. The smallest absolute Gasteiger partial charge is 0.340 e. The quantitative estimate of drug-likeness (QED) is 0.721. The summed E-state index contributed by atoms with van der Waals surface area (Å²) >= 11 is 0. The Balaban J connectivity index is 2.85. The van der Waals surface area contributed by atoms with Gasteiger partial charge in [0.15, 0.2) is 0 Å². The van der Waals surface area contributed by atoms with Gasteiger partial charge in [0, 0.05) is 17.8 Å². The third kappa shape index (κ3) is 4.50. The maximum Gasteiger partial charge on any atom is 0.340 e. The minimum atomic E-state index is -0.332. The standard InChI is InChI=1S/C22H30N2O2/c1-14(2)12-19-18(13-24(5)6)21(17-10-8-15(3)9-11-17)20(16(4)23-19)22(25)26-7/h8-11,14H,12-13H2,1-7H3. The van der Waals surface area contributed by atoms with Crippen LogP contribution in [0.25, 0.3) is 11.1 Å². The molecule has 0 aliphatic carbocycles. The summed E-state index contributed by atoms with van der Waals surface area (Å²) in [6.45, 7) is 9.07. The first-order chi connectivity index (χ1) is 12.2. The normalized spacial score (nSPS) is 11.3. The van der Waals surface area contributed by atoms with Crippen molar-refractivity contribution in [3.8, 4) is 11.1 Å². The molecule has 4 heteroatoms. The second-order valence-electron chi connectivity index (χ2n) is 7.57. The molecule has 140 valence electrons. The van der Waals surface area contributed by atoms with Gasteiger partial charge >= 0.3 is 5.97 Å². The second kappa shape index (κ2) is 8.45. The van der Waals surface area contributed by atoms with Crippen molar-refractivity contribution in [2.45, 2.75) is 40.7 Å². The van der Waals surface area contributed by atoms with Crippen LogP contribution in [0.5, 0.6) is 0 Å². The Hall–Kier alpha value is -2.20. The zero-order valence-electron chi connectivity index (χ0n) is 17.0. The minimum absolute atomic E-state index is 0.332. The molecule has 1 aromatic heterocycles. The fraction of sp³-hybridized carbons (Fsp3) is 0.455. The van der Waals surface area contributed by atoms with E-state index < -0.39 is 0 Å². The van der Waals surface area contributed by atoms with Gasteiger partial charge in [-0.3, -0.25) is 4.98 Å². The molecule has 0 spiro atoms. The summed E-state index contributed by atoms with van der Waals surface area (Å²) in [4.78, 5) is 19.5. The molecular formula is C22H30N2O2. The molecule has 0 fully saturated rings. The molecule has 0 saturated carbocycles. The highest BCUT2D eigenvalue weighted by atomic mass is 16.5. The summed E-state index contributed by atoms with van der Waals surface area (Å²) in [5.74, 6) is 0.152. The molecule has 0 N–H and O–H groups in total. The molecule has 1 aromatic carbocycles. The Kier molecular flexibility index (Phi) is 6.54. The van der Waals surface area contributed by atoms with Gasteiger partial charge in [-0.2, -0.15) is 0 Å². The number of benzene rings is 1. The minimum Gasteiger partial charge on any atom is -0.465 e. The number of hydrogen-bond acceptors (Lipinski definition) is 4. The van der Waals surface area contributed by atoms with Gasteiger partial charge in [-0.1, -0.05) is 43.7 Å². The Morgan fingerprint density at radius 3 is 2.27 bits per heavy atom. The van der Waals surface area contributed by atoms with Crippen molar-refractivity contribution in [2.24, 2.45) is 5.92 Å². The van der Waals surface area contributed by atoms with Crippen LogP contribution in [0.3, 0.4) is 0 Å². The average Bonchev–Trinajstić information content (AvgIpc) is 2.56. The number of esters is 1. The second-order valence-corrected chi connectivity index (χ2v) is 7.57. The number of rotatable bonds is 6. The van der Waals surface area contributed by atoms with Crippen LogP contribution in [-0.4, -0.2) is 37.1 Å². The number of aromatic nitrogens is 1. The van der Waals surface area contributed by atoms with Crippen molar-refractivity contribution in [3.05, 3.63) is 52.3 Å². The average molecular weight is 354 g/mol. The van der Waals surface area contributed by atoms with Gasteiger partial charge < -0.3 is 9.64 Å². The zero-order chi connectivity index (χ0) is 19.4. The molecule has 0 amide bonds. The third-order valence-electron chi connectivity index (χ3n) is 4.37. The van der Waals surface area contributed by atoms with Gasteiger partial charge in [0.05, 0.1) is 18.4 Å². The van der Waals surface area contributed by atoms with E-state index in [0.29, 0.717) is 11.5 Å². The SMILES string of the molecule is COC(=O)c1c(C)nc(CC(C)C)c(CN(C)C)c1-c1ccc(C)cc1. The molecule has 2 rings (SSSR count). The van der Waals surface area contributed by atoms with Crippen molar-refractivity contribution in [2.75, 3.05) is 21.2 Å². The highest BCUT2D eigenvalue weighted by Crippen LogP contribution is 2.33. The number of carbonyl (C=O) groups is 1. The van der Waals surface area contributed by atoms with Gasteiger partial charge in [-0.15, -0.1) is 0 Å². The lowest BCUT2D eigenvalue weighted by Gasteiger charge is -2.23. The van der Waals surface area contributed by atoms with Crippen LogP contribution >= 0.6 is 0 Å². The number of carbonyl (C=O) groups excluding carboxylic acids is 1. The largest absolute Gasteiger partial charge is 0.465 e. The first kappa shape index (κ1) is 20.1. The van der Waals surface area contributed by atoms with E-state index >= 15 is 0 Å². The van der Waals surface area contributed by atoms with Gasteiger partial charge in [0.2, 0.25) is 0 Å².